The van der Waals surface area contributed by atoms with Crippen LogP contribution in [0.15, 0.2) is 24.3 Å². The number of benzene rings is 1. The summed E-state index contributed by atoms with van der Waals surface area (Å²) in [4.78, 5) is 23.8. The summed E-state index contributed by atoms with van der Waals surface area (Å²) in [7, 11) is 0. The van der Waals surface area contributed by atoms with E-state index in [1.165, 1.54) is 77.0 Å². The molecule has 1 aromatic rings. The van der Waals surface area contributed by atoms with Gasteiger partial charge in [0.2, 0.25) is 0 Å². The molecule has 0 aliphatic rings. The van der Waals surface area contributed by atoms with Gasteiger partial charge in [-0.15, -0.1) is 0 Å². The Bertz CT molecular complexity index is 626. The molecule has 0 fully saturated rings. The van der Waals surface area contributed by atoms with Crippen molar-refractivity contribution in [2.75, 3.05) is 6.61 Å². The zero-order chi connectivity index (χ0) is 24.0. The lowest BCUT2D eigenvalue weighted by atomic mass is 10.0. The molecular formula is C29H48O4. The van der Waals surface area contributed by atoms with Gasteiger partial charge in [-0.05, 0) is 30.9 Å². The Morgan fingerprint density at radius 1 is 0.636 bits per heavy atom. The molecule has 0 heterocycles. The van der Waals surface area contributed by atoms with Gasteiger partial charge in [-0.3, -0.25) is 9.59 Å². The number of unbranched alkanes of at least 4 members (excludes halogenated alkanes) is 13. The van der Waals surface area contributed by atoms with Crippen LogP contribution in [0.1, 0.15) is 129 Å². The second-order valence-electron chi connectivity index (χ2n) is 9.11. The third-order valence-electron chi connectivity index (χ3n) is 6.10. The average molecular weight is 461 g/mol. The van der Waals surface area contributed by atoms with Gasteiger partial charge in [0, 0.05) is 12.8 Å². The van der Waals surface area contributed by atoms with Gasteiger partial charge < -0.3 is 9.47 Å². The number of esters is 2. The SMILES string of the molecule is CCCCCCCCCCCCCCCCOC(=O)CCCC(=O)Oc1ccccc1CC. The molecule has 0 unspecified atom stereocenters. The second kappa shape index (κ2) is 20.7. The van der Waals surface area contributed by atoms with Crippen LogP contribution in [-0.2, 0) is 20.7 Å². The third kappa shape index (κ3) is 16.4. The monoisotopic (exact) mass is 460 g/mol. The van der Waals surface area contributed by atoms with Crippen LogP contribution in [0.5, 0.6) is 5.75 Å². The van der Waals surface area contributed by atoms with E-state index in [2.05, 4.69) is 6.92 Å². The number of hydrogen-bond donors (Lipinski definition) is 0. The van der Waals surface area contributed by atoms with Crippen molar-refractivity contribution >= 4 is 11.9 Å². The number of aryl methyl sites for hydroxylation is 1. The van der Waals surface area contributed by atoms with Crippen LogP contribution in [0.2, 0.25) is 0 Å². The van der Waals surface area contributed by atoms with Crippen molar-refractivity contribution in [3.05, 3.63) is 29.8 Å². The topological polar surface area (TPSA) is 52.6 Å². The molecule has 4 heteroatoms. The van der Waals surface area contributed by atoms with Crippen molar-refractivity contribution in [2.45, 2.75) is 129 Å². The maximum absolute atomic E-state index is 12.0. The van der Waals surface area contributed by atoms with Crippen LogP contribution in [0.25, 0.3) is 0 Å². The smallest absolute Gasteiger partial charge is 0.311 e. The molecule has 0 aliphatic heterocycles. The van der Waals surface area contributed by atoms with Crippen molar-refractivity contribution in [1.82, 2.24) is 0 Å². The molecule has 4 nitrogen and oxygen atoms in total. The van der Waals surface area contributed by atoms with Gasteiger partial charge in [0.1, 0.15) is 5.75 Å². The van der Waals surface area contributed by atoms with E-state index in [0.717, 1.165) is 24.8 Å². The van der Waals surface area contributed by atoms with E-state index in [0.29, 0.717) is 18.8 Å². The Morgan fingerprint density at radius 3 is 1.73 bits per heavy atom. The van der Waals surface area contributed by atoms with E-state index in [9.17, 15) is 9.59 Å². The van der Waals surface area contributed by atoms with E-state index >= 15 is 0 Å². The highest BCUT2D eigenvalue weighted by molar-refractivity contribution is 5.74. The molecule has 188 valence electrons. The highest BCUT2D eigenvalue weighted by atomic mass is 16.5. The Kier molecular flexibility index (Phi) is 18.4. The van der Waals surface area contributed by atoms with Gasteiger partial charge in [0.15, 0.2) is 0 Å². The number of para-hydroxylation sites is 1. The lowest BCUT2D eigenvalue weighted by Crippen LogP contribution is -2.11. The number of rotatable bonds is 21. The van der Waals surface area contributed by atoms with Crippen LogP contribution in [0, 0.1) is 0 Å². The van der Waals surface area contributed by atoms with Crippen LogP contribution in [-0.4, -0.2) is 18.5 Å². The summed E-state index contributed by atoms with van der Waals surface area (Å²) in [5, 5.41) is 0. The maximum Gasteiger partial charge on any atom is 0.311 e. The highest BCUT2D eigenvalue weighted by Gasteiger charge is 2.10. The quantitative estimate of drug-likeness (QED) is 0.105. The summed E-state index contributed by atoms with van der Waals surface area (Å²) < 4.78 is 10.7. The predicted octanol–water partition coefficient (Wildman–Crippen LogP) is 8.35. The Labute approximate surface area is 202 Å². The molecule has 0 aliphatic carbocycles. The van der Waals surface area contributed by atoms with Gasteiger partial charge >= 0.3 is 11.9 Å². The number of hydrogen-bond acceptors (Lipinski definition) is 4. The number of carbonyl (C=O) groups excluding carboxylic acids is 2. The standard InChI is InChI=1S/C29H48O4/c1-3-5-6-7-8-9-10-11-12-13-14-15-16-19-25-32-28(30)23-20-24-29(31)33-27-22-18-17-21-26(27)4-2/h17-18,21-22H,3-16,19-20,23-25H2,1-2H3. The molecule has 0 saturated heterocycles. The van der Waals surface area contributed by atoms with Gasteiger partial charge in [0.05, 0.1) is 6.61 Å². The Balaban J connectivity index is 1.88. The average Bonchev–Trinajstić information content (AvgIpc) is 2.82. The minimum Gasteiger partial charge on any atom is -0.466 e. The summed E-state index contributed by atoms with van der Waals surface area (Å²) in [5.74, 6) is 0.104. The lowest BCUT2D eigenvalue weighted by Gasteiger charge is -2.08. The zero-order valence-corrected chi connectivity index (χ0v) is 21.4. The molecule has 0 saturated carbocycles. The molecule has 0 bridgehead atoms. The van der Waals surface area contributed by atoms with Crippen LogP contribution in [0.4, 0.5) is 0 Å². The first-order valence-corrected chi connectivity index (χ1v) is 13.6. The molecule has 0 atom stereocenters. The Morgan fingerprint density at radius 2 is 1.15 bits per heavy atom. The summed E-state index contributed by atoms with van der Waals surface area (Å²) in [6.45, 7) is 4.79. The molecule has 0 aromatic heterocycles. The minimum atomic E-state index is -0.296. The zero-order valence-electron chi connectivity index (χ0n) is 21.4. The first-order chi connectivity index (χ1) is 16.2. The predicted molar refractivity (Wildman–Crippen MR) is 137 cm³/mol. The highest BCUT2D eigenvalue weighted by Crippen LogP contribution is 2.19. The van der Waals surface area contributed by atoms with Crippen LogP contribution < -0.4 is 4.74 Å². The second-order valence-corrected chi connectivity index (χ2v) is 9.11. The van der Waals surface area contributed by atoms with E-state index in [1.807, 2.05) is 31.2 Å². The van der Waals surface area contributed by atoms with Gasteiger partial charge in [-0.25, -0.2) is 0 Å². The van der Waals surface area contributed by atoms with Crippen molar-refractivity contribution in [3.63, 3.8) is 0 Å². The maximum atomic E-state index is 12.0. The molecule has 1 aromatic carbocycles. The fourth-order valence-corrected chi connectivity index (χ4v) is 4.00. The van der Waals surface area contributed by atoms with Crippen molar-refractivity contribution in [2.24, 2.45) is 0 Å². The lowest BCUT2D eigenvalue weighted by molar-refractivity contribution is -0.144. The van der Waals surface area contributed by atoms with E-state index < -0.39 is 0 Å². The van der Waals surface area contributed by atoms with Crippen molar-refractivity contribution in [1.29, 1.82) is 0 Å². The summed E-state index contributed by atoms with van der Waals surface area (Å²) >= 11 is 0. The molecule has 0 N–H and O–H groups in total. The first kappa shape index (κ1) is 29.2. The van der Waals surface area contributed by atoms with Crippen molar-refractivity contribution in [3.8, 4) is 5.75 Å². The van der Waals surface area contributed by atoms with E-state index in [1.54, 1.807) is 0 Å². The van der Waals surface area contributed by atoms with Crippen LogP contribution in [0.3, 0.4) is 0 Å². The third-order valence-corrected chi connectivity index (χ3v) is 6.10. The Hall–Kier alpha value is -1.84. The number of ether oxygens (including phenoxy) is 2. The fourth-order valence-electron chi connectivity index (χ4n) is 4.00. The normalized spacial score (nSPS) is 10.8. The molecule has 0 radical (unpaired) electrons. The molecular weight excluding hydrogens is 412 g/mol. The summed E-state index contributed by atoms with van der Waals surface area (Å²) in [6, 6.07) is 7.55. The largest absolute Gasteiger partial charge is 0.466 e. The van der Waals surface area contributed by atoms with E-state index in [4.69, 9.17) is 9.47 Å². The molecule has 1 rings (SSSR count). The van der Waals surface area contributed by atoms with Gasteiger partial charge in [-0.2, -0.15) is 0 Å². The number of carbonyl (C=O) groups is 2. The van der Waals surface area contributed by atoms with Gasteiger partial charge in [0.25, 0.3) is 0 Å². The minimum absolute atomic E-state index is 0.216. The summed E-state index contributed by atoms with van der Waals surface area (Å²) in [6.07, 6.45) is 20.2. The first-order valence-electron chi connectivity index (χ1n) is 13.6. The van der Waals surface area contributed by atoms with Gasteiger partial charge in [-0.1, -0.05) is 116 Å². The summed E-state index contributed by atoms with van der Waals surface area (Å²) in [5.41, 5.74) is 1.01. The van der Waals surface area contributed by atoms with Crippen molar-refractivity contribution < 1.29 is 19.1 Å². The molecule has 0 amide bonds. The van der Waals surface area contributed by atoms with Crippen LogP contribution >= 0.6 is 0 Å². The van der Waals surface area contributed by atoms with E-state index in [-0.39, 0.29) is 24.8 Å². The molecule has 0 spiro atoms. The molecule has 33 heavy (non-hydrogen) atoms. The fraction of sp³-hybridized carbons (Fsp3) is 0.724.